The number of rotatable bonds is 5. The predicted octanol–water partition coefficient (Wildman–Crippen LogP) is 9.41. The summed E-state index contributed by atoms with van der Waals surface area (Å²) in [4.78, 5) is 58.8. The van der Waals surface area contributed by atoms with Crippen molar-refractivity contribution < 1.29 is 19.4 Å². The standard InChI is InChI=1S/C20H22ClN3O3S.C15H14ClN3O2S.C5H9ClO/c1-11-15(22-16(28-11)12-8-7-9-13(21)10-12)14-17(25)23(5)24(6)18(14)27-19(26)20(2,3)4;1-8-12(11-14(20)18(2)19(3)15(11)21)17-13(22-8)9-5-4-6-10(16)7-9;1-5(2,3)4(6)7/h7-10H,1-6H3;4-7,20H,1-3H3;1-3H3. The van der Waals surface area contributed by atoms with Gasteiger partial charge in [0.25, 0.3) is 11.1 Å². The van der Waals surface area contributed by atoms with Crippen molar-refractivity contribution in [3.63, 3.8) is 0 Å². The summed E-state index contributed by atoms with van der Waals surface area (Å²) in [6.07, 6.45) is 0. The van der Waals surface area contributed by atoms with Crippen LogP contribution in [0.2, 0.25) is 10.0 Å². The second-order valence-corrected chi connectivity index (χ2v) is 18.7. The summed E-state index contributed by atoms with van der Waals surface area (Å²) in [5.41, 5.74) is 1.67. The first-order chi connectivity index (χ1) is 26.3. The molecule has 0 atom stereocenters. The summed E-state index contributed by atoms with van der Waals surface area (Å²) in [5.74, 6) is -0.310. The molecule has 1 N–H and O–H groups in total. The molecule has 0 fully saturated rings. The van der Waals surface area contributed by atoms with Crippen LogP contribution in [0.3, 0.4) is 0 Å². The van der Waals surface area contributed by atoms with Crippen LogP contribution in [-0.2, 0) is 37.8 Å². The molecule has 0 amide bonds. The van der Waals surface area contributed by atoms with Crippen molar-refractivity contribution in [2.24, 2.45) is 39.0 Å². The van der Waals surface area contributed by atoms with Crippen LogP contribution in [0.25, 0.3) is 43.7 Å². The molecule has 17 heteroatoms. The number of ether oxygens (including phenoxy) is 1. The number of benzene rings is 2. The lowest BCUT2D eigenvalue weighted by Gasteiger charge is -2.17. The SMILES string of the molecule is CC(C)(C)C(=O)Cl.Cc1sc(-c2cccc(Cl)c2)nc1-c1c(O)n(C)n(C)c1=O.Cc1sc(-c2cccc(Cl)c2)nc1-c1c(OC(=O)C(C)(C)C)n(C)n(C)c1=O. The summed E-state index contributed by atoms with van der Waals surface area (Å²) in [6.45, 7) is 14.4. The zero-order valence-electron chi connectivity index (χ0n) is 33.7. The fourth-order valence-corrected chi connectivity index (χ4v) is 7.11. The fourth-order valence-electron chi connectivity index (χ4n) is 4.90. The molecule has 0 aliphatic heterocycles. The molecule has 2 aromatic carbocycles. The number of aromatic hydroxyl groups is 1. The van der Waals surface area contributed by atoms with Crippen LogP contribution >= 0.6 is 57.5 Å². The third kappa shape index (κ3) is 10.2. The number of esters is 1. The summed E-state index contributed by atoms with van der Waals surface area (Å²) >= 11 is 20.1. The normalized spacial score (nSPS) is 11.4. The van der Waals surface area contributed by atoms with Crippen molar-refractivity contribution in [1.82, 2.24) is 28.7 Å². The maximum atomic E-state index is 12.9. The Morgan fingerprint density at radius 3 is 1.46 bits per heavy atom. The summed E-state index contributed by atoms with van der Waals surface area (Å²) in [5, 5.41) is 12.7. The Labute approximate surface area is 353 Å². The molecule has 0 unspecified atom stereocenters. The van der Waals surface area contributed by atoms with E-state index < -0.39 is 11.4 Å². The van der Waals surface area contributed by atoms with E-state index in [1.807, 2.05) is 50.2 Å². The van der Waals surface area contributed by atoms with Gasteiger partial charge < -0.3 is 9.84 Å². The monoisotopic (exact) mass is 874 g/mol. The van der Waals surface area contributed by atoms with Gasteiger partial charge >= 0.3 is 5.97 Å². The highest BCUT2D eigenvalue weighted by molar-refractivity contribution is 7.15. The van der Waals surface area contributed by atoms with E-state index >= 15 is 0 Å². The predicted molar refractivity (Wildman–Crippen MR) is 231 cm³/mol. The Kier molecular flexibility index (Phi) is 13.9. The van der Waals surface area contributed by atoms with E-state index in [0.717, 1.165) is 30.9 Å². The number of hydrogen-bond acceptors (Lipinski definition) is 10. The molecule has 0 saturated heterocycles. The number of carbonyl (C=O) groups excluding carboxylic acids is 2. The number of aryl methyl sites for hydroxylation is 2. The van der Waals surface area contributed by atoms with Crippen molar-refractivity contribution >= 4 is 68.7 Å². The van der Waals surface area contributed by atoms with Crippen molar-refractivity contribution in [3.05, 3.63) is 89.0 Å². The number of halogens is 3. The second-order valence-electron chi connectivity index (χ2n) is 15.1. The number of aromatic nitrogens is 6. The fraction of sp³-hybridized carbons (Fsp3) is 0.350. The van der Waals surface area contributed by atoms with E-state index in [9.17, 15) is 24.3 Å². The topological polar surface area (TPSA) is 143 Å². The molecular weight excluding hydrogens is 831 g/mol. The van der Waals surface area contributed by atoms with Gasteiger partial charge in [-0.25, -0.2) is 9.97 Å². The van der Waals surface area contributed by atoms with Crippen molar-refractivity contribution in [3.8, 4) is 55.4 Å². The smallest absolute Gasteiger partial charge is 0.317 e. The van der Waals surface area contributed by atoms with Crippen molar-refractivity contribution in [2.75, 3.05) is 0 Å². The minimum absolute atomic E-state index is 0.0847. The van der Waals surface area contributed by atoms with E-state index in [1.54, 1.807) is 81.9 Å². The molecule has 12 nitrogen and oxygen atoms in total. The lowest BCUT2D eigenvalue weighted by Crippen LogP contribution is -2.26. The molecule has 0 aliphatic rings. The van der Waals surface area contributed by atoms with E-state index in [-0.39, 0.29) is 44.7 Å². The molecule has 4 heterocycles. The maximum absolute atomic E-state index is 12.9. The molecule has 4 aromatic heterocycles. The molecule has 0 aliphatic carbocycles. The second kappa shape index (κ2) is 17.6. The molecule has 0 spiro atoms. The molecule has 0 saturated carbocycles. The Bertz CT molecular complexity index is 2580. The zero-order chi connectivity index (χ0) is 42.9. The lowest BCUT2D eigenvalue weighted by molar-refractivity contribution is -0.143. The molecule has 0 radical (unpaired) electrons. The average Bonchev–Trinajstić information content (AvgIpc) is 3.81. The van der Waals surface area contributed by atoms with Gasteiger partial charge in [-0.3, -0.25) is 37.9 Å². The number of hydrogen-bond donors (Lipinski definition) is 1. The van der Waals surface area contributed by atoms with Gasteiger partial charge in [0.1, 0.15) is 21.1 Å². The lowest BCUT2D eigenvalue weighted by atomic mass is 9.97. The third-order valence-corrected chi connectivity index (χ3v) is 11.6. The number of nitrogens with zero attached hydrogens (tertiary/aromatic N) is 6. The van der Waals surface area contributed by atoms with Crippen LogP contribution in [0.15, 0.2) is 58.1 Å². The zero-order valence-corrected chi connectivity index (χ0v) is 37.6. The van der Waals surface area contributed by atoms with Gasteiger partial charge in [-0.1, -0.05) is 68.2 Å². The minimum atomic E-state index is -0.702. The first-order valence-corrected chi connectivity index (χ1v) is 20.2. The first-order valence-electron chi connectivity index (χ1n) is 17.5. The van der Waals surface area contributed by atoms with E-state index in [0.29, 0.717) is 21.4 Å². The molecule has 0 bridgehead atoms. The summed E-state index contributed by atoms with van der Waals surface area (Å²) in [7, 11) is 6.53. The van der Waals surface area contributed by atoms with Gasteiger partial charge in [0, 0.05) is 64.5 Å². The van der Waals surface area contributed by atoms with Crippen LogP contribution in [0.5, 0.6) is 11.8 Å². The van der Waals surface area contributed by atoms with E-state index in [4.69, 9.17) is 39.5 Å². The summed E-state index contributed by atoms with van der Waals surface area (Å²) < 4.78 is 11.3. The molecule has 6 aromatic rings. The van der Waals surface area contributed by atoms with Gasteiger partial charge in [-0.2, -0.15) is 0 Å². The molecule has 57 heavy (non-hydrogen) atoms. The third-order valence-electron chi connectivity index (χ3n) is 8.55. The Morgan fingerprint density at radius 2 is 1.09 bits per heavy atom. The Hall–Kier alpha value is -4.47. The first kappa shape index (κ1) is 45.2. The van der Waals surface area contributed by atoms with Crippen LogP contribution in [-0.4, -0.2) is 45.0 Å². The van der Waals surface area contributed by atoms with Gasteiger partial charge in [-0.15, -0.1) is 22.7 Å². The van der Waals surface area contributed by atoms with E-state index in [1.165, 1.54) is 41.4 Å². The number of thiazole rings is 2. The highest BCUT2D eigenvalue weighted by Gasteiger charge is 2.30. The quantitative estimate of drug-likeness (QED) is 0.133. The minimum Gasteiger partial charge on any atom is -0.493 e. The number of carbonyl (C=O) groups is 2. The largest absolute Gasteiger partial charge is 0.493 e. The molecule has 304 valence electrons. The van der Waals surface area contributed by atoms with Crippen LogP contribution in [0, 0.1) is 24.7 Å². The average molecular weight is 876 g/mol. The summed E-state index contributed by atoms with van der Waals surface area (Å²) in [6, 6.07) is 14.8. The van der Waals surface area contributed by atoms with Gasteiger partial charge in [0.05, 0.1) is 16.8 Å². The van der Waals surface area contributed by atoms with Crippen molar-refractivity contribution in [2.45, 2.75) is 55.4 Å². The van der Waals surface area contributed by atoms with Crippen LogP contribution in [0.1, 0.15) is 51.3 Å². The van der Waals surface area contributed by atoms with Crippen LogP contribution in [0.4, 0.5) is 0 Å². The molecule has 6 rings (SSSR count). The Balaban J connectivity index is 0.000000221. The molecular formula is C40H45Cl3N6O6S2. The van der Waals surface area contributed by atoms with Gasteiger partial charge in [0.2, 0.25) is 17.0 Å². The maximum Gasteiger partial charge on any atom is 0.317 e. The van der Waals surface area contributed by atoms with Crippen molar-refractivity contribution in [1.29, 1.82) is 0 Å². The van der Waals surface area contributed by atoms with Gasteiger partial charge in [-0.05, 0) is 70.5 Å². The van der Waals surface area contributed by atoms with Crippen LogP contribution < -0.4 is 15.9 Å². The highest BCUT2D eigenvalue weighted by Crippen LogP contribution is 2.38. The highest BCUT2D eigenvalue weighted by atomic mass is 35.5. The van der Waals surface area contributed by atoms with Gasteiger partial charge in [0.15, 0.2) is 0 Å². The Morgan fingerprint density at radius 1 is 0.684 bits per heavy atom. The van der Waals surface area contributed by atoms with E-state index in [2.05, 4.69) is 9.97 Å².